The predicted molar refractivity (Wildman–Crippen MR) is 203 cm³/mol. The van der Waals surface area contributed by atoms with Crippen LogP contribution < -0.4 is 0 Å². The lowest BCUT2D eigenvalue weighted by Crippen LogP contribution is -2.15. The van der Waals surface area contributed by atoms with Gasteiger partial charge in [0.15, 0.2) is 5.82 Å². The van der Waals surface area contributed by atoms with Crippen molar-refractivity contribution in [1.29, 1.82) is 0 Å². The quantitative estimate of drug-likeness (QED) is 0.192. The standard InChI is InChI=1S/C45H31N5/c1-45(2)35-23-12-11-21-32(35)33-24-25-38-40(41(33)45)42-39(27-46-43(49-42)34-22-13-19-28-14-9-10-20-31(28)34)50(38)44-47-36(29-15-5-3-6-16-29)26-37(48-44)30-17-7-4-8-18-30/h3-27H,1-2H3. The summed E-state index contributed by atoms with van der Waals surface area (Å²) in [5.41, 5.74) is 12.4. The molecule has 0 N–H and O–H groups in total. The van der Waals surface area contributed by atoms with E-state index in [0.717, 1.165) is 60.8 Å². The number of fused-ring (bicyclic) bond motifs is 8. The minimum Gasteiger partial charge on any atom is -0.275 e. The maximum atomic E-state index is 5.45. The molecule has 0 bridgehead atoms. The van der Waals surface area contributed by atoms with Gasteiger partial charge in [-0.2, -0.15) is 0 Å². The van der Waals surface area contributed by atoms with E-state index in [0.29, 0.717) is 11.8 Å². The van der Waals surface area contributed by atoms with Gasteiger partial charge < -0.3 is 0 Å². The number of aromatic nitrogens is 5. The van der Waals surface area contributed by atoms with Gasteiger partial charge in [-0.3, -0.25) is 4.57 Å². The van der Waals surface area contributed by atoms with Crippen LogP contribution in [0.25, 0.3) is 83.7 Å². The molecule has 10 rings (SSSR count). The van der Waals surface area contributed by atoms with Gasteiger partial charge >= 0.3 is 0 Å². The number of hydrogen-bond acceptors (Lipinski definition) is 4. The van der Waals surface area contributed by atoms with Gasteiger partial charge in [-0.05, 0) is 45.2 Å². The smallest absolute Gasteiger partial charge is 0.235 e. The Balaban J connectivity index is 1.32. The third kappa shape index (κ3) is 4.20. The highest BCUT2D eigenvalue weighted by Crippen LogP contribution is 2.53. The highest BCUT2D eigenvalue weighted by atomic mass is 15.2. The second kappa shape index (κ2) is 10.8. The molecule has 0 radical (unpaired) electrons. The van der Waals surface area contributed by atoms with E-state index in [2.05, 4.69) is 128 Å². The highest BCUT2D eigenvalue weighted by molar-refractivity contribution is 6.13. The zero-order valence-corrected chi connectivity index (χ0v) is 27.7. The summed E-state index contributed by atoms with van der Waals surface area (Å²) < 4.78 is 2.16. The summed E-state index contributed by atoms with van der Waals surface area (Å²) in [5, 5.41) is 3.40. The number of rotatable bonds is 4. The Morgan fingerprint density at radius 3 is 1.94 bits per heavy atom. The Bertz CT molecular complexity index is 2720. The first-order valence-electron chi connectivity index (χ1n) is 17.0. The van der Waals surface area contributed by atoms with E-state index in [4.69, 9.17) is 19.9 Å². The lowest BCUT2D eigenvalue weighted by Gasteiger charge is -2.22. The van der Waals surface area contributed by atoms with Crippen molar-refractivity contribution in [2.75, 3.05) is 0 Å². The maximum Gasteiger partial charge on any atom is 0.235 e. The number of hydrogen-bond donors (Lipinski definition) is 0. The molecule has 6 aromatic carbocycles. The van der Waals surface area contributed by atoms with Crippen LogP contribution in [-0.2, 0) is 5.41 Å². The molecule has 236 valence electrons. The van der Waals surface area contributed by atoms with Crippen molar-refractivity contribution < 1.29 is 0 Å². The Hall–Kier alpha value is -6.46. The summed E-state index contributed by atoms with van der Waals surface area (Å²) in [5.74, 6) is 1.28. The van der Waals surface area contributed by atoms with Gasteiger partial charge in [0.1, 0.15) is 5.52 Å². The van der Waals surface area contributed by atoms with Gasteiger partial charge in [0.25, 0.3) is 0 Å². The van der Waals surface area contributed by atoms with Gasteiger partial charge in [-0.1, -0.05) is 147 Å². The van der Waals surface area contributed by atoms with Crippen LogP contribution in [-0.4, -0.2) is 24.5 Å². The molecule has 9 aromatic rings. The van der Waals surface area contributed by atoms with Crippen molar-refractivity contribution in [3.8, 4) is 51.0 Å². The van der Waals surface area contributed by atoms with Gasteiger partial charge in [-0.25, -0.2) is 19.9 Å². The molecule has 3 heterocycles. The maximum absolute atomic E-state index is 5.45. The normalized spacial score (nSPS) is 13.2. The van der Waals surface area contributed by atoms with E-state index in [1.165, 1.54) is 22.3 Å². The van der Waals surface area contributed by atoms with E-state index in [1.807, 2.05) is 42.6 Å². The van der Waals surface area contributed by atoms with Crippen LogP contribution in [0.4, 0.5) is 0 Å². The van der Waals surface area contributed by atoms with Crippen LogP contribution in [0.15, 0.2) is 152 Å². The zero-order valence-electron chi connectivity index (χ0n) is 27.7. The molecule has 0 saturated carbocycles. The van der Waals surface area contributed by atoms with Crippen LogP contribution >= 0.6 is 0 Å². The van der Waals surface area contributed by atoms with Gasteiger partial charge in [0, 0.05) is 27.5 Å². The van der Waals surface area contributed by atoms with Crippen molar-refractivity contribution in [3.05, 3.63) is 163 Å². The lowest BCUT2D eigenvalue weighted by molar-refractivity contribution is 0.666. The Morgan fingerprint density at radius 2 is 1.18 bits per heavy atom. The minimum absolute atomic E-state index is 0.253. The summed E-state index contributed by atoms with van der Waals surface area (Å²) in [6.45, 7) is 4.65. The summed E-state index contributed by atoms with van der Waals surface area (Å²) >= 11 is 0. The monoisotopic (exact) mass is 641 g/mol. The minimum atomic E-state index is -0.253. The Labute approximate surface area is 289 Å². The van der Waals surface area contributed by atoms with E-state index in [1.54, 1.807) is 0 Å². The van der Waals surface area contributed by atoms with Gasteiger partial charge in [0.05, 0.1) is 28.6 Å². The fraction of sp³-hybridized carbons (Fsp3) is 0.0667. The Kier molecular flexibility index (Phi) is 6.15. The molecule has 0 aliphatic heterocycles. The van der Waals surface area contributed by atoms with Crippen LogP contribution in [0.3, 0.4) is 0 Å². The topological polar surface area (TPSA) is 56.5 Å². The second-order valence-electron chi connectivity index (χ2n) is 13.5. The van der Waals surface area contributed by atoms with Crippen molar-refractivity contribution >= 4 is 32.7 Å². The van der Waals surface area contributed by atoms with E-state index in [-0.39, 0.29) is 5.41 Å². The first-order valence-corrected chi connectivity index (χ1v) is 17.0. The average molecular weight is 642 g/mol. The molecule has 5 nitrogen and oxygen atoms in total. The molecule has 3 aromatic heterocycles. The van der Waals surface area contributed by atoms with E-state index < -0.39 is 0 Å². The number of nitrogens with zero attached hydrogens (tertiary/aromatic N) is 5. The van der Waals surface area contributed by atoms with Crippen LogP contribution in [0.1, 0.15) is 25.0 Å². The molecule has 0 saturated heterocycles. The van der Waals surface area contributed by atoms with Crippen LogP contribution in [0.2, 0.25) is 0 Å². The summed E-state index contributed by atoms with van der Waals surface area (Å²) in [7, 11) is 0. The van der Waals surface area contributed by atoms with Crippen molar-refractivity contribution in [2.24, 2.45) is 0 Å². The zero-order chi connectivity index (χ0) is 33.4. The molecule has 1 aliphatic rings. The molecule has 0 unspecified atom stereocenters. The SMILES string of the molecule is CC1(C)c2ccccc2-c2ccc3c(c21)c1nc(-c2cccc4ccccc24)ncc1n3-c1nc(-c2ccccc2)cc(-c2ccccc2)n1. The van der Waals surface area contributed by atoms with Crippen molar-refractivity contribution in [2.45, 2.75) is 19.3 Å². The molecule has 0 amide bonds. The molecule has 5 heteroatoms. The molecule has 1 aliphatic carbocycles. The van der Waals surface area contributed by atoms with Crippen LogP contribution in [0, 0.1) is 0 Å². The van der Waals surface area contributed by atoms with Crippen LogP contribution in [0.5, 0.6) is 0 Å². The van der Waals surface area contributed by atoms with Gasteiger partial charge in [-0.15, -0.1) is 0 Å². The van der Waals surface area contributed by atoms with Crippen molar-refractivity contribution in [1.82, 2.24) is 24.5 Å². The summed E-state index contributed by atoms with van der Waals surface area (Å²) in [6, 6.07) is 50.7. The van der Waals surface area contributed by atoms with Gasteiger partial charge in [0.2, 0.25) is 5.95 Å². The molecular weight excluding hydrogens is 611 g/mol. The Morgan fingerprint density at radius 1 is 0.540 bits per heavy atom. The second-order valence-corrected chi connectivity index (χ2v) is 13.5. The summed E-state index contributed by atoms with van der Waals surface area (Å²) in [6.07, 6.45) is 1.96. The highest BCUT2D eigenvalue weighted by Gasteiger charge is 2.38. The molecule has 0 spiro atoms. The molecule has 0 fully saturated rings. The third-order valence-electron chi connectivity index (χ3n) is 10.3. The lowest BCUT2D eigenvalue weighted by atomic mass is 9.81. The molecular formula is C45H31N5. The van der Waals surface area contributed by atoms with E-state index >= 15 is 0 Å². The fourth-order valence-corrected chi connectivity index (χ4v) is 7.96. The predicted octanol–water partition coefficient (Wildman–Crippen LogP) is 10.8. The average Bonchev–Trinajstić information content (AvgIpc) is 3.63. The largest absolute Gasteiger partial charge is 0.275 e. The number of benzene rings is 6. The molecule has 0 atom stereocenters. The molecule has 50 heavy (non-hydrogen) atoms. The summed E-state index contributed by atoms with van der Waals surface area (Å²) in [4.78, 5) is 21.0. The van der Waals surface area contributed by atoms with Crippen molar-refractivity contribution in [3.63, 3.8) is 0 Å². The third-order valence-corrected chi connectivity index (χ3v) is 10.3. The van der Waals surface area contributed by atoms with E-state index in [9.17, 15) is 0 Å². The first-order chi connectivity index (χ1) is 24.6. The first kappa shape index (κ1) is 28.5. The fourth-order valence-electron chi connectivity index (χ4n) is 7.96.